The van der Waals surface area contributed by atoms with Crippen LogP contribution >= 0.6 is 12.2 Å². The number of nitrogens with one attached hydrogen (secondary N) is 1. The lowest BCUT2D eigenvalue weighted by atomic mass is 9.98. The SMILES string of the molecule is CCC(C)(NC(=O)C1CCC(C)O1)C(N)=S. The van der Waals surface area contributed by atoms with E-state index < -0.39 is 5.54 Å². The molecule has 92 valence electrons. The van der Waals surface area contributed by atoms with Crippen LogP contribution in [0.2, 0.25) is 0 Å². The number of carbonyl (C=O) groups excluding carboxylic acids is 1. The summed E-state index contributed by atoms with van der Waals surface area (Å²) in [5.74, 6) is -0.110. The molecule has 1 fully saturated rings. The molecular weight excluding hydrogens is 224 g/mol. The summed E-state index contributed by atoms with van der Waals surface area (Å²) in [4.78, 5) is 12.2. The third-order valence-corrected chi connectivity index (χ3v) is 3.62. The van der Waals surface area contributed by atoms with Crippen LogP contribution in [0.25, 0.3) is 0 Å². The summed E-state index contributed by atoms with van der Waals surface area (Å²) in [6, 6.07) is 0. The number of carbonyl (C=O) groups is 1. The lowest BCUT2D eigenvalue weighted by Gasteiger charge is -2.29. The van der Waals surface area contributed by atoms with E-state index in [0.717, 1.165) is 12.8 Å². The van der Waals surface area contributed by atoms with Crippen molar-refractivity contribution >= 4 is 23.1 Å². The third-order valence-electron chi connectivity index (χ3n) is 3.17. The quantitative estimate of drug-likeness (QED) is 0.728. The Balaban J connectivity index is 2.59. The number of ether oxygens (including phenoxy) is 1. The smallest absolute Gasteiger partial charge is 0.249 e. The second-order valence-corrected chi connectivity index (χ2v) is 4.99. The van der Waals surface area contributed by atoms with E-state index in [0.29, 0.717) is 11.4 Å². The van der Waals surface area contributed by atoms with E-state index in [4.69, 9.17) is 22.7 Å². The van der Waals surface area contributed by atoms with E-state index in [9.17, 15) is 4.79 Å². The molecular formula is C11H20N2O2S. The average Bonchev–Trinajstić information content (AvgIpc) is 2.64. The predicted molar refractivity (Wildman–Crippen MR) is 67.2 cm³/mol. The number of hydrogen-bond donors (Lipinski definition) is 2. The van der Waals surface area contributed by atoms with Gasteiger partial charge in [-0.15, -0.1) is 0 Å². The monoisotopic (exact) mass is 244 g/mol. The molecule has 1 rings (SSSR count). The topological polar surface area (TPSA) is 64.3 Å². The first kappa shape index (κ1) is 13.4. The van der Waals surface area contributed by atoms with Crippen LogP contribution in [0.4, 0.5) is 0 Å². The molecule has 4 nitrogen and oxygen atoms in total. The maximum Gasteiger partial charge on any atom is 0.249 e. The van der Waals surface area contributed by atoms with Gasteiger partial charge in [-0.1, -0.05) is 19.1 Å². The molecule has 0 saturated carbocycles. The maximum absolute atomic E-state index is 11.9. The van der Waals surface area contributed by atoms with Gasteiger partial charge in [0.1, 0.15) is 6.10 Å². The molecule has 3 N–H and O–H groups in total. The van der Waals surface area contributed by atoms with E-state index in [2.05, 4.69) is 5.32 Å². The van der Waals surface area contributed by atoms with Crippen molar-refractivity contribution in [2.24, 2.45) is 5.73 Å². The molecule has 1 saturated heterocycles. The second kappa shape index (κ2) is 5.10. The minimum absolute atomic E-state index is 0.110. The van der Waals surface area contributed by atoms with Gasteiger partial charge in [-0.3, -0.25) is 4.79 Å². The normalized spacial score (nSPS) is 28.4. The van der Waals surface area contributed by atoms with Gasteiger partial charge >= 0.3 is 0 Å². The molecule has 16 heavy (non-hydrogen) atoms. The zero-order valence-corrected chi connectivity index (χ0v) is 10.9. The highest BCUT2D eigenvalue weighted by Gasteiger charge is 2.34. The number of rotatable bonds is 4. The van der Waals surface area contributed by atoms with Gasteiger partial charge in [-0.2, -0.15) is 0 Å². The highest BCUT2D eigenvalue weighted by molar-refractivity contribution is 7.80. The fourth-order valence-corrected chi connectivity index (χ4v) is 1.87. The van der Waals surface area contributed by atoms with Crippen LogP contribution < -0.4 is 11.1 Å². The molecule has 3 atom stereocenters. The summed E-state index contributed by atoms with van der Waals surface area (Å²) in [6.07, 6.45) is 2.18. The van der Waals surface area contributed by atoms with Crippen molar-refractivity contribution in [2.45, 2.75) is 57.8 Å². The lowest BCUT2D eigenvalue weighted by Crippen LogP contribution is -2.56. The molecule has 3 unspecified atom stereocenters. The van der Waals surface area contributed by atoms with Gasteiger partial charge in [-0.05, 0) is 33.1 Å². The number of nitrogens with two attached hydrogens (primary N) is 1. The Kier molecular flexibility index (Phi) is 4.27. The predicted octanol–water partition coefficient (Wildman–Crippen LogP) is 1.12. The minimum Gasteiger partial charge on any atom is -0.391 e. The van der Waals surface area contributed by atoms with Gasteiger partial charge in [0.25, 0.3) is 0 Å². The molecule has 0 aliphatic carbocycles. The van der Waals surface area contributed by atoms with Crippen molar-refractivity contribution < 1.29 is 9.53 Å². The van der Waals surface area contributed by atoms with Crippen molar-refractivity contribution in [1.29, 1.82) is 0 Å². The molecule has 0 radical (unpaired) electrons. The van der Waals surface area contributed by atoms with Crippen LogP contribution in [0, 0.1) is 0 Å². The van der Waals surface area contributed by atoms with Crippen molar-refractivity contribution in [3.05, 3.63) is 0 Å². The van der Waals surface area contributed by atoms with Crippen LogP contribution in [0.3, 0.4) is 0 Å². The van der Waals surface area contributed by atoms with Crippen LogP contribution in [0.15, 0.2) is 0 Å². The molecule has 0 bridgehead atoms. The Morgan fingerprint density at radius 3 is 2.62 bits per heavy atom. The molecule has 0 aromatic rings. The Hall–Kier alpha value is -0.680. The van der Waals surface area contributed by atoms with E-state index in [1.807, 2.05) is 20.8 Å². The summed E-state index contributed by atoms with van der Waals surface area (Å²) in [5, 5.41) is 2.87. The van der Waals surface area contributed by atoms with Crippen molar-refractivity contribution in [3.63, 3.8) is 0 Å². The summed E-state index contributed by atoms with van der Waals surface area (Å²) >= 11 is 4.97. The summed E-state index contributed by atoms with van der Waals surface area (Å²) in [5.41, 5.74) is 5.02. The van der Waals surface area contributed by atoms with E-state index >= 15 is 0 Å². The summed E-state index contributed by atoms with van der Waals surface area (Å²) < 4.78 is 5.50. The molecule has 1 heterocycles. The second-order valence-electron chi connectivity index (χ2n) is 4.55. The molecule has 1 aliphatic heterocycles. The van der Waals surface area contributed by atoms with Crippen molar-refractivity contribution in [3.8, 4) is 0 Å². The van der Waals surface area contributed by atoms with Gasteiger partial charge in [0.05, 0.1) is 16.6 Å². The van der Waals surface area contributed by atoms with Crippen LogP contribution in [-0.4, -0.2) is 28.6 Å². The van der Waals surface area contributed by atoms with Crippen molar-refractivity contribution in [2.75, 3.05) is 0 Å². The fourth-order valence-electron chi connectivity index (χ4n) is 1.67. The van der Waals surface area contributed by atoms with Gasteiger partial charge in [-0.25, -0.2) is 0 Å². The summed E-state index contributed by atoms with van der Waals surface area (Å²) in [6.45, 7) is 5.75. The maximum atomic E-state index is 11.9. The standard InChI is InChI=1S/C11H20N2O2S/c1-4-11(3,10(12)16)13-9(14)8-6-5-7(2)15-8/h7-8H,4-6H2,1-3H3,(H2,12,16)(H,13,14). The van der Waals surface area contributed by atoms with E-state index in [-0.39, 0.29) is 18.1 Å². The Morgan fingerprint density at radius 1 is 1.62 bits per heavy atom. The zero-order valence-electron chi connectivity index (χ0n) is 10.1. The molecule has 0 spiro atoms. The number of amides is 1. The van der Waals surface area contributed by atoms with E-state index in [1.54, 1.807) is 0 Å². The Morgan fingerprint density at radius 2 is 2.25 bits per heavy atom. The first-order chi connectivity index (χ1) is 7.39. The van der Waals surface area contributed by atoms with Gasteiger partial charge in [0.2, 0.25) is 5.91 Å². The molecule has 1 amide bonds. The minimum atomic E-state index is -0.610. The van der Waals surface area contributed by atoms with Crippen molar-refractivity contribution in [1.82, 2.24) is 5.32 Å². The summed E-state index contributed by atoms with van der Waals surface area (Å²) in [7, 11) is 0. The average molecular weight is 244 g/mol. The van der Waals surface area contributed by atoms with E-state index in [1.165, 1.54) is 0 Å². The molecule has 0 aromatic carbocycles. The Labute approximate surface area is 102 Å². The van der Waals surface area contributed by atoms with Gasteiger partial charge in [0.15, 0.2) is 0 Å². The highest BCUT2D eigenvalue weighted by Crippen LogP contribution is 2.20. The zero-order chi connectivity index (χ0) is 12.3. The molecule has 0 aromatic heterocycles. The molecule has 1 aliphatic rings. The Bertz CT molecular complexity index is 296. The lowest BCUT2D eigenvalue weighted by molar-refractivity contribution is -0.132. The van der Waals surface area contributed by atoms with Crippen LogP contribution in [-0.2, 0) is 9.53 Å². The van der Waals surface area contributed by atoms with Crippen LogP contribution in [0.1, 0.15) is 40.0 Å². The molecule has 5 heteroatoms. The number of hydrogen-bond acceptors (Lipinski definition) is 3. The fraction of sp³-hybridized carbons (Fsp3) is 0.818. The third kappa shape index (κ3) is 2.92. The number of thiocarbonyl (C=S) groups is 1. The first-order valence-corrected chi connectivity index (χ1v) is 6.07. The van der Waals surface area contributed by atoms with Gasteiger partial charge < -0.3 is 15.8 Å². The van der Waals surface area contributed by atoms with Gasteiger partial charge in [0, 0.05) is 0 Å². The highest BCUT2D eigenvalue weighted by atomic mass is 32.1. The van der Waals surface area contributed by atoms with Crippen LogP contribution in [0.5, 0.6) is 0 Å². The first-order valence-electron chi connectivity index (χ1n) is 5.66. The largest absolute Gasteiger partial charge is 0.391 e.